The van der Waals surface area contributed by atoms with E-state index in [0.717, 1.165) is 48.7 Å². The SMILES string of the molecule is CCCC(=O)N1CCN(Cc2cnc(NC(=O)/C(=N/O[C@@H]3CCOC3)c3ccc(S(=O)C4CC4)cc3)s2)C[C@@H]1C. The summed E-state index contributed by atoms with van der Waals surface area (Å²) in [6.07, 6.45) is 5.74. The zero-order valence-electron chi connectivity index (χ0n) is 23.0. The van der Waals surface area contributed by atoms with Crippen LogP contribution in [-0.4, -0.2) is 86.8 Å². The maximum Gasteiger partial charge on any atom is 0.280 e. The molecule has 1 aliphatic carbocycles. The molecule has 1 saturated carbocycles. The molecule has 0 radical (unpaired) electrons. The first-order valence-corrected chi connectivity index (χ1v) is 16.0. The highest BCUT2D eigenvalue weighted by molar-refractivity contribution is 7.86. The summed E-state index contributed by atoms with van der Waals surface area (Å²) in [4.78, 5) is 41.9. The summed E-state index contributed by atoms with van der Waals surface area (Å²) in [6.45, 7) is 8.20. The zero-order chi connectivity index (χ0) is 28.1. The van der Waals surface area contributed by atoms with Crippen LogP contribution in [0.2, 0.25) is 0 Å². The Balaban J connectivity index is 1.22. The van der Waals surface area contributed by atoms with E-state index in [9.17, 15) is 13.8 Å². The van der Waals surface area contributed by atoms with Gasteiger partial charge in [-0.05, 0) is 38.3 Å². The Morgan fingerprint density at radius 2 is 2.02 bits per heavy atom. The molecule has 40 heavy (non-hydrogen) atoms. The number of hydrogen-bond donors (Lipinski definition) is 1. The fourth-order valence-electron chi connectivity index (χ4n) is 4.89. The van der Waals surface area contributed by atoms with Gasteiger partial charge in [0.15, 0.2) is 16.9 Å². The average molecular weight is 588 g/mol. The van der Waals surface area contributed by atoms with Gasteiger partial charge in [0.1, 0.15) is 0 Å². The maximum absolute atomic E-state index is 13.4. The first kappa shape index (κ1) is 28.8. The van der Waals surface area contributed by atoms with Gasteiger partial charge in [0.25, 0.3) is 5.91 Å². The van der Waals surface area contributed by atoms with Crippen molar-refractivity contribution < 1.29 is 23.4 Å². The number of rotatable bonds is 11. The lowest BCUT2D eigenvalue weighted by atomic mass is 10.1. The predicted molar refractivity (Wildman–Crippen MR) is 155 cm³/mol. The number of amides is 2. The molecule has 3 aliphatic rings. The average Bonchev–Trinajstić information content (AvgIpc) is 3.49. The van der Waals surface area contributed by atoms with E-state index in [-0.39, 0.29) is 29.0 Å². The number of carbonyl (C=O) groups is 2. The quantitative estimate of drug-likeness (QED) is 0.317. The molecular formula is C28H37N5O5S2. The third-order valence-corrected chi connectivity index (χ3v) is 9.94. The molecule has 216 valence electrons. The van der Waals surface area contributed by atoms with Crippen LogP contribution in [0.15, 0.2) is 40.5 Å². The van der Waals surface area contributed by atoms with Crippen LogP contribution in [0, 0.1) is 0 Å². The van der Waals surface area contributed by atoms with E-state index in [1.54, 1.807) is 30.5 Å². The predicted octanol–water partition coefficient (Wildman–Crippen LogP) is 3.39. The second-order valence-corrected chi connectivity index (χ2v) is 13.4. The van der Waals surface area contributed by atoms with Gasteiger partial charge in [-0.25, -0.2) is 4.98 Å². The highest BCUT2D eigenvalue weighted by Crippen LogP contribution is 2.30. The minimum Gasteiger partial charge on any atom is -0.389 e. The van der Waals surface area contributed by atoms with Crippen molar-refractivity contribution in [3.8, 4) is 0 Å². The van der Waals surface area contributed by atoms with Crippen molar-refractivity contribution in [2.75, 3.05) is 38.2 Å². The van der Waals surface area contributed by atoms with Crippen LogP contribution >= 0.6 is 11.3 Å². The molecule has 0 spiro atoms. The number of ether oxygens (including phenoxy) is 1. The smallest absolute Gasteiger partial charge is 0.280 e. The molecule has 0 bridgehead atoms. The summed E-state index contributed by atoms with van der Waals surface area (Å²) < 4.78 is 17.9. The summed E-state index contributed by atoms with van der Waals surface area (Å²) in [5.41, 5.74) is 0.711. The highest BCUT2D eigenvalue weighted by atomic mass is 32.2. The molecule has 12 heteroatoms. The van der Waals surface area contributed by atoms with Gasteiger partial charge in [-0.3, -0.25) is 24.0 Å². The number of aromatic nitrogens is 1. The van der Waals surface area contributed by atoms with Gasteiger partial charge in [-0.2, -0.15) is 0 Å². The van der Waals surface area contributed by atoms with Gasteiger partial charge in [0, 0.05) is 71.8 Å². The van der Waals surface area contributed by atoms with E-state index < -0.39 is 16.7 Å². The number of nitrogens with one attached hydrogen (secondary N) is 1. The van der Waals surface area contributed by atoms with Gasteiger partial charge in [-0.1, -0.05) is 24.2 Å². The minimum atomic E-state index is -1.02. The topological polar surface area (TPSA) is 113 Å². The number of oxime groups is 1. The monoisotopic (exact) mass is 587 g/mol. The van der Waals surface area contributed by atoms with Crippen LogP contribution in [0.3, 0.4) is 0 Å². The van der Waals surface area contributed by atoms with Gasteiger partial charge < -0.3 is 14.5 Å². The van der Waals surface area contributed by atoms with Gasteiger partial charge in [0.05, 0.1) is 24.0 Å². The fraction of sp³-hybridized carbons (Fsp3) is 0.571. The van der Waals surface area contributed by atoms with Crippen LogP contribution in [-0.2, 0) is 36.5 Å². The summed E-state index contributed by atoms with van der Waals surface area (Å²) >= 11 is 1.42. The van der Waals surface area contributed by atoms with Crippen molar-refractivity contribution in [3.05, 3.63) is 40.9 Å². The Bertz CT molecular complexity index is 1240. The molecule has 2 aromatic rings. The van der Waals surface area contributed by atoms with Crippen LogP contribution < -0.4 is 5.32 Å². The zero-order valence-corrected chi connectivity index (χ0v) is 24.7. The van der Waals surface area contributed by atoms with E-state index in [1.807, 2.05) is 11.8 Å². The third-order valence-electron chi connectivity index (χ3n) is 7.23. The van der Waals surface area contributed by atoms with E-state index in [0.29, 0.717) is 43.3 Å². The first-order valence-electron chi connectivity index (χ1n) is 14.0. The van der Waals surface area contributed by atoms with Gasteiger partial charge >= 0.3 is 0 Å². The molecule has 10 nitrogen and oxygen atoms in total. The van der Waals surface area contributed by atoms with E-state index in [4.69, 9.17) is 9.57 Å². The largest absolute Gasteiger partial charge is 0.389 e. The fourth-order valence-corrected chi connectivity index (χ4v) is 7.09. The van der Waals surface area contributed by atoms with E-state index in [2.05, 4.69) is 27.3 Å². The third kappa shape index (κ3) is 7.34. The second kappa shape index (κ2) is 13.3. The summed E-state index contributed by atoms with van der Waals surface area (Å²) in [5, 5.41) is 7.82. The number of benzene rings is 1. The summed E-state index contributed by atoms with van der Waals surface area (Å²) in [6, 6.07) is 7.29. The van der Waals surface area contributed by atoms with Crippen molar-refractivity contribution in [1.29, 1.82) is 0 Å². The summed E-state index contributed by atoms with van der Waals surface area (Å²) in [5.74, 6) is -0.197. The Morgan fingerprint density at radius 1 is 1.23 bits per heavy atom. The molecule has 3 heterocycles. The molecule has 2 saturated heterocycles. The molecule has 5 rings (SSSR count). The summed E-state index contributed by atoms with van der Waals surface area (Å²) in [7, 11) is -1.02. The number of nitrogens with zero attached hydrogens (tertiary/aromatic N) is 4. The number of hydrogen-bond acceptors (Lipinski definition) is 9. The normalized spacial score (nSPS) is 22.8. The number of anilines is 1. The molecule has 2 aliphatic heterocycles. The van der Waals surface area contributed by atoms with E-state index in [1.165, 1.54) is 11.3 Å². The number of thiazole rings is 1. The first-order chi connectivity index (χ1) is 19.4. The lowest BCUT2D eigenvalue weighted by Gasteiger charge is -2.39. The number of carbonyl (C=O) groups excluding carboxylic acids is 2. The molecule has 3 fully saturated rings. The van der Waals surface area contributed by atoms with Crippen LogP contribution in [0.4, 0.5) is 5.13 Å². The Morgan fingerprint density at radius 3 is 2.70 bits per heavy atom. The molecule has 1 aromatic carbocycles. The molecule has 1 N–H and O–H groups in total. The molecular weight excluding hydrogens is 550 g/mol. The van der Waals surface area contributed by atoms with Crippen molar-refractivity contribution in [3.63, 3.8) is 0 Å². The molecule has 1 aromatic heterocycles. The van der Waals surface area contributed by atoms with Gasteiger partial charge in [-0.15, -0.1) is 11.3 Å². The Kier molecular flexibility index (Phi) is 9.61. The van der Waals surface area contributed by atoms with Crippen LogP contribution in [0.1, 0.15) is 56.4 Å². The molecule has 2 amide bonds. The van der Waals surface area contributed by atoms with E-state index >= 15 is 0 Å². The lowest BCUT2D eigenvalue weighted by Crippen LogP contribution is -2.53. The molecule has 3 atom stereocenters. The lowest BCUT2D eigenvalue weighted by molar-refractivity contribution is -0.135. The van der Waals surface area contributed by atoms with Crippen LogP contribution in [0.25, 0.3) is 0 Å². The minimum absolute atomic E-state index is 0.133. The highest BCUT2D eigenvalue weighted by Gasteiger charge is 2.30. The van der Waals surface area contributed by atoms with Crippen molar-refractivity contribution in [2.45, 2.75) is 74.8 Å². The molecule has 1 unspecified atom stereocenters. The van der Waals surface area contributed by atoms with Gasteiger partial charge in [0.2, 0.25) is 5.91 Å². The Hall–Kier alpha value is -2.67. The maximum atomic E-state index is 13.4. The van der Waals surface area contributed by atoms with Crippen LogP contribution in [0.5, 0.6) is 0 Å². The Labute approximate surface area is 241 Å². The van der Waals surface area contributed by atoms with Crippen molar-refractivity contribution >= 4 is 44.8 Å². The number of piperazine rings is 1. The van der Waals surface area contributed by atoms with Crippen molar-refractivity contribution in [1.82, 2.24) is 14.8 Å². The van der Waals surface area contributed by atoms with Crippen molar-refractivity contribution in [2.24, 2.45) is 5.16 Å². The second-order valence-electron chi connectivity index (χ2n) is 10.6. The standard InChI is InChI=1S/C28H37N5O5S2/c1-3-4-25(34)33-13-12-32(16-19(33)2)17-22-15-29-28(39-22)30-27(35)26(31-38-21-11-14-37-18-21)20-5-7-23(8-6-20)40(36)24-9-10-24/h5-8,15,19,21,24H,3-4,9-14,16-18H2,1-2H3,(H,29,30,35)/b31-26+/t19-,21+,40?/m0/s1.